The summed E-state index contributed by atoms with van der Waals surface area (Å²) in [6, 6.07) is 21.0. The molecule has 0 aliphatic rings. The normalized spacial score (nSPS) is 10.8. The van der Waals surface area contributed by atoms with Gasteiger partial charge in [-0.3, -0.25) is 4.40 Å². The lowest BCUT2D eigenvalue weighted by molar-refractivity contribution is 1.03. The molecule has 0 aliphatic carbocycles. The highest BCUT2D eigenvalue weighted by Gasteiger charge is 2.16. The maximum absolute atomic E-state index is 9.20. The molecule has 4 rings (SSSR count). The van der Waals surface area contributed by atoms with Crippen molar-refractivity contribution in [1.29, 1.82) is 5.26 Å². The van der Waals surface area contributed by atoms with Crippen molar-refractivity contribution in [3.05, 3.63) is 71.4 Å². The van der Waals surface area contributed by atoms with Crippen LogP contribution < -0.4 is 0 Å². The van der Waals surface area contributed by atoms with Gasteiger partial charge >= 0.3 is 0 Å². The van der Waals surface area contributed by atoms with E-state index < -0.39 is 0 Å². The van der Waals surface area contributed by atoms with E-state index in [9.17, 15) is 5.26 Å². The van der Waals surface area contributed by atoms with Gasteiger partial charge in [0.15, 0.2) is 4.96 Å². The number of hydrogen-bond donors (Lipinski definition) is 0. The predicted octanol–water partition coefficient (Wildman–Crippen LogP) is 5.10. The summed E-state index contributed by atoms with van der Waals surface area (Å²) in [6.07, 6.45) is 0.356. The van der Waals surface area contributed by atoms with Gasteiger partial charge in [0.25, 0.3) is 0 Å². The molecule has 116 valence electrons. The summed E-state index contributed by atoms with van der Waals surface area (Å²) in [5, 5.41) is 11.3. The number of thiazole rings is 1. The van der Waals surface area contributed by atoms with Crippen molar-refractivity contribution in [3.63, 3.8) is 0 Å². The van der Waals surface area contributed by atoms with Gasteiger partial charge in [-0.25, -0.2) is 4.98 Å². The van der Waals surface area contributed by atoms with Crippen molar-refractivity contribution < 1.29 is 0 Å². The molecule has 24 heavy (non-hydrogen) atoms. The second kappa shape index (κ2) is 5.95. The number of nitrogens with zero attached hydrogens (tertiary/aromatic N) is 3. The van der Waals surface area contributed by atoms with Crippen molar-refractivity contribution >= 4 is 16.3 Å². The minimum atomic E-state index is 0.356. The molecule has 0 bridgehead atoms. The van der Waals surface area contributed by atoms with Gasteiger partial charge in [0, 0.05) is 16.6 Å². The number of nitriles is 1. The van der Waals surface area contributed by atoms with E-state index >= 15 is 0 Å². The SMILES string of the molecule is Cc1csc2nc(-c3ccc(-c4ccccc4)cc3)c(CC#N)n12. The quantitative estimate of drug-likeness (QED) is 0.524. The third-order valence-corrected chi connectivity index (χ3v) is 5.09. The first kappa shape index (κ1) is 14.7. The molecular formula is C20H15N3S. The number of rotatable bonds is 3. The maximum Gasteiger partial charge on any atom is 0.194 e. The molecule has 0 spiro atoms. The van der Waals surface area contributed by atoms with Crippen molar-refractivity contribution in [1.82, 2.24) is 9.38 Å². The topological polar surface area (TPSA) is 41.1 Å². The van der Waals surface area contributed by atoms with Crippen LogP contribution in [0.3, 0.4) is 0 Å². The van der Waals surface area contributed by atoms with E-state index in [-0.39, 0.29) is 0 Å². The first-order valence-electron chi connectivity index (χ1n) is 7.76. The van der Waals surface area contributed by atoms with E-state index in [2.05, 4.69) is 52.2 Å². The van der Waals surface area contributed by atoms with Crippen LogP contribution in [0.5, 0.6) is 0 Å². The Hall–Kier alpha value is -2.90. The molecule has 3 nitrogen and oxygen atoms in total. The average Bonchev–Trinajstić information content (AvgIpc) is 3.17. The van der Waals surface area contributed by atoms with E-state index in [0.29, 0.717) is 6.42 Å². The number of hydrogen-bond acceptors (Lipinski definition) is 3. The highest BCUT2D eigenvalue weighted by atomic mass is 32.1. The van der Waals surface area contributed by atoms with Crippen LogP contribution in [0.4, 0.5) is 0 Å². The zero-order valence-corrected chi connectivity index (χ0v) is 14.0. The van der Waals surface area contributed by atoms with Crippen LogP contribution >= 0.6 is 11.3 Å². The number of aromatic nitrogens is 2. The van der Waals surface area contributed by atoms with Crippen LogP contribution in [0.25, 0.3) is 27.3 Å². The van der Waals surface area contributed by atoms with E-state index in [1.807, 2.05) is 25.1 Å². The van der Waals surface area contributed by atoms with Crippen molar-refractivity contribution in [2.75, 3.05) is 0 Å². The van der Waals surface area contributed by atoms with E-state index in [0.717, 1.165) is 27.6 Å². The summed E-state index contributed by atoms with van der Waals surface area (Å²) in [5.74, 6) is 0. The molecule has 0 saturated carbocycles. The first-order valence-corrected chi connectivity index (χ1v) is 8.64. The first-order chi connectivity index (χ1) is 11.8. The number of imidazole rings is 1. The second-order valence-electron chi connectivity index (χ2n) is 5.68. The monoisotopic (exact) mass is 329 g/mol. The van der Waals surface area contributed by atoms with Crippen LogP contribution in [0.15, 0.2) is 60.0 Å². The fourth-order valence-corrected chi connectivity index (χ4v) is 3.87. The van der Waals surface area contributed by atoms with Gasteiger partial charge in [-0.05, 0) is 18.1 Å². The predicted molar refractivity (Wildman–Crippen MR) is 98.0 cm³/mol. The molecular weight excluding hydrogens is 314 g/mol. The molecule has 0 aliphatic heterocycles. The largest absolute Gasteiger partial charge is 0.290 e. The molecule has 0 amide bonds. The zero-order valence-electron chi connectivity index (χ0n) is 13.2. The van der Waals surface area contributed by atoms with Gasteiger partial charge in [0.1, 0.15) is 0 Å². The minimum absolute atomic E-state index is 0.356. The highest BCUT2D eigenvalue weighted by molar-refractivity contribution is 7.15. The molecule has 2 heterocycles. The van der Waals surface area contributed by atoms with Crippen LogP contribution in [0, 0.1) is 18.3 Å². The Bertz CT molecular complexity index is 1030. The number of aryl methyl sites for hydroxylation is 1. The number of benzene rings is 2. The molecule has 2 aromatic carbocycles. The minimum Gasteiger partial charge on any atom is -0.290 e. The fourth-order valence-electron chi connectivity index (χ4n) is 2.98. The molecule has 0 atom stereocenters. The molecule has 0 saturated heterocycles. The summed E-state index contributed by atoms with van der Waals surface area (Å²) >= 11 is 1.61. The lowest BCUT2D eigenvalue weighted by Gasteiger charge is -2.05. The third-order valence-electron chi connectivity index (χ3n) is 4.14. The summed E-state index contributed by atoms with van der Waals surface area (Å²) in [5.41, 5.74) is 6.43. The zero-order chi connectivity index (χ0) is 16.5. The van der Waals surface area contributed by atoms with Gasteiger partial charge in [-0.2, -0.15) is 5.26 Å². The fraction of sp³-hybridized carbons (Fsp3) is 0.100. The van der Waals surface area contributed by atoms with E-state index in [1.165, 1.54) is 11.1 Å². The van der Waals surface area contributed by atoms with E-state index in [1.54, 1.807) is 11.3 Å². The Balaban J connectivity index is 1.80. The lowest BCUT2D eigenvalue weighted by Crippen LogP contribution is -1.94. The average molecular weight is 329 g/mol. The molecule has 4 aromatic rings. The standard InChI is InChI=1S/C20H15N3S/c1-14-13-24-20-22-19(18(11-12-21)23(14)20)17-9-7-16(8-10-17)15-5-3-2-4-6-15/h2-10,13H,11H2,1H3. The highest BCUT2D eigenvalue weighted by Crippen LogP contribution is 2.30. The van der Waals surface area contributed by atoms with Crippen molar-refractivity contribution in [2.45, 2.75) is 13.3 Å². The van der Waals surface area contributed by atoms with Crippen LogP contribution in [-0.4, -0.2) is 9.38 Å². The Labute approximate surface area is 144 Å². The summed E-state index contributed by atoms with van der Waals surface area (Å²) < 4.78 is 2.09. The van der Waals surface area contributed by atoms with Gasteiger partial charge in [-0.1, -0.05) is 54.6 Å². The Morgan fingerprint density at radius 1 is 1.00 bits per heavy atom. The van der Waals surface area contributed by atoms with Crippen LogP contribution in [0.2, 0.25) is 0 Å². The van der Waals surface area contributed by atoms with Gasteiger partial charge in [-0.15, -0.1) is 11.3 Å². The van der Waals surface area contributed by atoms with Gasteiger partial charge in [0.05, 0.1) is 23.9 Å². The summed E-state index contributed by atoms with van der Waals surface area (Å²) in [6.45, 7) is 2.05. The molecule has 4 heteroatoms. The molecule has 0 fully saturated rings. The Kier molecular flexibility index (Phi) is 3.64. The summed E-state index contributed by atoms with van der Waals surface area (Å²) in [7, 11) is 0. The maximum atomic E-state index is 9.20. The van der Waals surface area contributed by atoms with Crippen molar-refractivity contribution in [2.24, 2.45) is 0 Å². The Morgan fingerprint density at radius 3 is 2.38 bits per heavy atom. The van der Waals surface area contributed by atoms with Gasteiger partial charge < -0.3 is 0 Å². The van der Waals surface area contributed by atoms with Crippen molar-refractivity contribution in [3.8, 4) is 28.5 Å². The Morgan fingerprint density at radius 2 is 1.67 bits per heavy atom. The second-order valence-corrected chi connectivity index (χ2v) is 6.52. The molecule has 0 N–H and O–H groups in total. The van der Waals surface area contributed by atoms with E-state index in [4.69, 9.17) is 4.98 Å². The van der Waals surface area contributed by atoms with Crippen LogP contribution in [-0.2, 0) is 6.42 Å². The van der Waals surface area contributed by atoms with Gasteiger partial charge in [0.2, 0.25) is 0 Å². The van der Waals surface area contributed by atoms with Crippen LogP contribution in [0.1, 0.15) is 11.4 Å². The molecule has 0 unspecified atom stereocenters. The smallest absolute Gasteiger partial charge is 0.194 e. The third kappa shape index (κ3) is 2.40. The lowest BCUT2D eigenvalue weighted by atomic mass is 10.0. The molecule has 0 radical (unpaired) electrons. The summed E-state index contributed by atoms with van der Waals surface area (Å²) in [4.78, 5) is 5.70. The molecule has 2 aromatic heterocycles. The number of fused-ring (bicyclic) bond motifs is 1.